The molecule has 1 fully saturated rings. The smallest absolute Gasteiger partial charge is 0.235 e. The molecule has 4 atom stereocenters. The first kappa shape index (κ1) is 30.7. The SMILES string of the molecule is Cc1cccc(NC(=O)C2C(=O)CC(C)(O)C(C(=O)Nc3cccc(C)c3C)C2c2cccc(Oc3ccccc3)c2)c1C. The maximum Gasteiger partial charge on any atom is 0.235 e. The molecule has 0 spiro atoms. The number of ether oxygens (including phenoxy) is 1. The van der Waals surface area contributed by atoms with E-state index in [1.165, 1.54) is 6.92 Å². The van der Waals surface area contributed by atoms with Gasteiger partial charge in [0.1, 0.15) is 23.2 Å². The van der Waals surface area contributed by atoms with E-state index in [1.807, 2.05) is 82.3 Å². The fraction of sp³-hybridized carbons (Fsp3) is 0.270. The van der Waals surface area contributed by atoms with Crippen LogP contribution in [0.15, 0.2) is 91.0 Å². The molecule has 2 amide bonds. The van der Waals surface area contributed by atoms with Crippen molar-refractivity contribution in [2.75, 3.05) is 10.6 Å². The van der Waals surface area contributed by atoms with E-state index in [4.69, 9.17) is 4.74 Å². The van der Waals surface area contributed by atoms with Crippen LogP contribution in [-0.4, -0.2) is 28.3 Å². The van der Waals surface area contributed by atoms with Gasteiger partial charge in [0.2, 0.25) is 11.8 Å². The zero-order chi connectivity index (χ0) is 31.6. The number of benzene rings is 4. The van der Waals surface area contributed by atoms with E-state index in [-0.39, 0.29) is 6.42 Å². The first-order valence-electron chi connectivity index (χ1n) is 14.8. The van der Waals surface area contributed by atoms with Crippen molar-refractivity contribution in [1.29, 1.82) is 0 Å². The molecular weight excluding hydrogens is 552 g/mol. The monoisotopic (exact) mass is 590 g/mol. The Labute approximate surface area is 258 Å². The Kier molecular flexibility index (Phi) is 8.70. The Morgan fingerprint density at radius 3 is 1.91 bits per heavy atom. The van der Waals surface area contributed by atoms with Gasteiger partial charge in [0.05, 0.1) is 11.5 Å². The Morgan fingerprint density at radius 1 is 0.750 bits per heavy atom. The fourth-order valence-corrected chi connectivity index (χ4v) is 6.10. The van der Waals surface area contributed by atoms with E-state index in [0.717, 1.165) is 22.3 Å². The molecule has 226 valence electrons. The molecule has 4 unspecified atom stereocenters. The summed E-state index contributed by atoms with van der Waals surface area (Å²) in [5.41, 5.74) is 3.79. The second-order valence-electron chi connectivity index (χ2n) is 11.9. The lowest BCUT2D eigenvalue weighted by Crippen LogP contribution is -2.56. The molecule has 1 aliphatic rings. The third-order valence-electron chi connectivity index (χ3n) is 8.78. The zero-order valence-electron chi connectivity index (χ0n) is 25.7. The van der Waals surface area contributed by atoms with Crippen LogP contribution in [0.25, 0.3) is 0 Å². The lowest BCUT2D eigenvalue weighted by molar-refractivity contribution is -0.150. The van der Waals surface area contributed by atoms with Crippen LogP contribution in [0.1, 0.15) is 47.1 Å². The number of para-hydroxylation sites is 1. The maximum absolute atomic E-state index is 14.2. The summed E-state index contributed by atoms with van der Waals surface area (Å²) in [6.45, 7) is 9.21. The van der Waals surface area contributed by atoms with Gasteiger partial charge < -0.3 is 20.5 Å². The molecule has 0 aromatic heterocycles. The third-order valence-corrected chi connectivity index (χ3v) is 8.78. The van der Waals surface area contributed by atoms with E-state index in [9.17, 15) is 19.5 Å². The second kappa shape index (κ2) is 12.5. The van der Waals surface area contributed by atoms with Crippen molar-refractivity contribution < 1.29 is 24.2 Å². The minimum Gasteiger partial charge on any atom is -0.457 e. The Hall–Kier alpha value is -4.75. The van der Waals surface area contributed by atoms with Gasteiger partial charge in [-0.15, -0.1) is 0 Å². The molecular formula is C37H38N2O5. The summed E-state index contributed by atoms with van der Waals surface area (Å²) in [5.74, 6) is -3.70. The van der Waals surface area contributed by atoms with Gasteiger partial charge in [0.15, 0.2) is 0 Å². The van der Waals surface area contributed by atoms with Crippen LogP contribution < -0.4 is 15.4 Å². The van der Waals surface area contributed by atoms with Gasteiger partial charge in [-0.2, -0.15) is 0 Å². The van der Waals surface area contributed by atoms with E-state index < -0.39 is 41.0 Å². The molecule has 0 radical (unpaired) electrons. The predicted octanol–water partition coefficient (Wildman–Crippen LogP) is 7.03. The van der Waals surface area contributed by atoms with E-state index in [0.29, 0.717) is 28.4 Å². The van der Waals surface area contributed by atoms with Crippen LogP contribution in [0.2, 0.25) is 0 Å². The number of hydrogen-bond donors (Lipinski definition) is 3. The minimum absolute atomic E-state index is 0.348. The summed E-state index contributed by atoms with van der Waals surface area (Å²) in [5, 5.41) is 17.7. The highest BCUT2D eigenvalue weighted by Crippen LogP contribution is 2.47. The number of Topliss-reactive ketones (excluding diaryl/α,β-unsaturated/α-hetero) is 1. The van der Waals surface area contributed by atoms with Gasteiger partial charge in [-0.3, -0.25) is 14.4 Å². The van der Waals surface area contributed by atoms with Gasteiger partial charge in [0, 0.05) is 23.7 Å². The average Bonchev–Trinajstić information content (AvgIpc) is 2.97. The summed E-state index contributed by atoms with van der Waals surface area (Å²) in [6, 6.07) is 27.5. The predicted molar refractivity (Wildman–Crippen MR) is 172 cm³/mol. The van der Waals surface area contributed by atoms with Gasteiger partial charge in [-0.05, 0) is 98.8 Å². The number of ketones is 1. The Bertz CT molecular complexity index is 1710. The van der Waals surface area contributed by atoms with Crippen LogP contribution >= 0.6 is 0 Å². The first-order valence-corrected chi connectivity index (χ1v) is 14.8. The van der Waals surface area contributed by atoms with Crippen molar-refractivity contribution in [2.45, 2.75) is 52.6 Å². The average molecular weight is 591 g/mol. The van der Waals surface area contributed by atoms with Crippen molar-refractivity contribution in [3.8, 4) is 11.5 Å². The summed E-state index contributed by atoms with van der Waals surface area (Å²) in [7, 11) is 0. The third kappa shape index (κ3) is 6.29. The normalized spacial score (nSPS) is 21.4. The van der Waals surface area contributed by atoms with Crippen LogP contribution in [0.4, 0.5) is 11.4 Å². The number of carbonyl (C=O) groups is 3. The highest BCUT2D eigenvalue weighted by atomic mass is 16.5. The number of nitrogens with one attached hydrogen (secondary N) is 2. The van der Waals surface area contributed by atoms with E-state index in [1.54, 1.807) is 36.4 Å². The molecule has 44 heavy (non-hydrogen) atoms. The lowest BCUT2D eigenvalue weighted by Gasteiger charge is -2.44. The summed E-state index contributed by atoms with van der Waals surface area (Å²) < 4.78 is 6.08. The van der Waals surface area contributed by atoms with Crippen LogP contribution in [-0.2, 0) is 14.4 Å². The molecule has 0 bridgehead atoms. The van der Waals surface area contributed by atoms with Gasteiger partial charge in [0.25, 0.3) is 0 Å². The molecule has 7 nitrogen and oxygen atoms in total. The minimum atomic E-state index is -1.73. The Morgan fingerprint density at radius 2 is 1.30 bits per heavy atom. The number of anilines is 2. The van der Waals surface area contributed by atoms with Crippen molar-refractivity contribution in [3.05, 3.63) is 119 Å². The van der Waals surface area contributed by atoms with Gasteiger partial charge in [-0.25, -0.2) is 0 Å². The van der Waals surface area contributed by atoms with E-state index >= 15 is 0 Å². The number of rotatable bonds is 7. The summed E-state index contributed by atoms with van der Waals surface area (Å²) in [6.07, 6.45) is -0.348. The van der Waals surface area contributed by atoms with Crippen LogP contribution in [0, 0.1) is 39.5 Å². The summed E-state index contributed by atoms with van der Waals surface area (Å²) >= 11 is 0. The Balaban J connectivity index is 1.60. The quantitative estimate of drug-likeness (QED) is 0.201. The van der Waals surface area contributed by atoms with Crippen LogP contribution in [0.5, 0.6) is 11.5 Å². The highest BCUT2D eigenvalue weighted by molar-refractivity contribution is 6.10. The van der Waals surface area contributed by atoms with Crippen LogP contribution in [0.3, 0.4) is 0 Å². The van der Waals surface area contributed by atoms with Crippen molar-refractivity contribution in [1.82, 2.24) is 0 Å². The fourth-order valence-electron chi connectivity index (χ4n) is 6.10. The largest absolute Gasteiger partial charge is 0.457 e. The summed E-state index contributed by atoms with van der Waals surface area (Å²) in [4.78, 5) is 42.0. The van der Waals surface area contributed by atoms with Crippen molar-refractivity contribution in [3.63, 3.8) is 0 Å². The molecule has 0 aliphatic heterocycles. The zero-order valence-corrected chi connectivity index (χ0v) is 25.7. The molecule has 4 aromatic rings. The molecule has 3 N–H and O–H groups in total. The molecule has 1 aliphatic carbocycles. The number of amides is 2. The standard InChI is InChI=1S/C37H38N2O5/c1-22-12-9-18-29(24(22)3)38-35(41)33-31(40)21-37(5,43)34(36(42)39-30-19-10-13-23(2)25(30)4)32(33)26-14-11-17-28(20-26)44-27-15-7-6-8-16-27/h6-20,32-34,43H,21H2,1-5H3,(H,38,41)(H,39,42). The lowest BCUT2D eigenvalue weighted by atomic mass is 9.61. The molecule has 4 aromatic carbocycles. The maximum atomic E-state index is 14.2. The molecule has 7 heteroatoms. The number of carbonyl (C=O) groups excluding carboxylic acids is 3. The topological polar surface area (TPSA) is 105 Å². The molecule has 5 rings (SSSR count). The number of aryl methyl sites for hydroxylation is 2. The number of aliphatic hydroxyl groups is 1. The molecule has 1 saturated carbocycles. The first-order chi connectivity index (χ1) is 21.0. The van der Waals surface area contributed by atoms with Crippen molar-refractivity contribution >= 4 is 29.0 Å². The van der Waals surface area contributed by atoms with Gasteiger partial charge in [-0.1, -0.05) is 54.6 Å². The number of hydrogen-bond acceptors (Lipinski definition) is 5. The molecule has 0 saturated heterocycles. The second-order valence-corrected chi connectivity index (χ2v) is 11.9. The highest BCUT2D eigenvalue weighted by Gasteiger charge is 2.56. The van der Waals surface area contributed by atoms with Crippen molar-refractivity contribution in [2.24, 2.45) is 11.8 Å². The molecule has 0 heterocycles. The van der Waals surface area contributed by atoms with Gasteiger partial charge >= 0.3 is 0 Å². The van der Waals surface area contributed by atoms with E-state index in [2.05, 4.69) is 10.6 Å².